The normalized spacial score (nSPS) is 22.3. The molecule has 0 saturated heterocycles. The van der Waals surface area contributed by atoms with Crippen molar-refractivity contribution < 1.29 is 24.0 Å². The van der Waals surface area contributed by atoms with Crippen molar-refractivity contribution in [1.29, 1.82) is 0 Å². The number of benzene rings is 1. The van der Waals surface area contributed by atoms with Gasteiger partial charge in [0.25, 0.3) is 5.69 Å². The Kier molecular flexibility index (Phi) is 6.93. The Bertz CT molecular complexity index is 714. The molecule has 7 heteroatoms. The number of aryl methyl sites for hydroxylation is 1. The van der Waals surface area contributed by atoms with Crippen molar-refractivity contribution >= 4 is 17.6 Å². The van der Waals surface area contributed by atoms with Crippen molar-refractivity contribution in [1.82, 2.24) is 0 Å². The first-order chi connectivity index (χ1) is 12.7. The average Bonchev–Trinajstić information content (AvgIpc) is 2.59. The number of hydrogen-bond acceptors (Lipinski definition) is 6. The largest absolute Gasteiger partial charge is 0.460 e. The molecule has 0 heterocycles. The molecule has 0 bridgehead atoms. The van der Waals surface area contributed by atoms with Crippen LogP contribution in [0.2, 0.25) is 0 Å². The minimum absolute atomic E-state index is 0.0721. The van der Waals surface area contributed by atoms with Crippen LogP contribution in [0, 0.1) is 34.8 Å². The maximum Gasteiger partial charge on any atom is 0.344 e. The summed E-state index contributed by atoms with van der Waals surface area (Å²) in [6.07, 6.45) is 2.83. The Balaban J connectivity index is 1.91. The maximum atomic E-state index is 12.1. The Morgan fingerprint density at radius 3 is 2.59 bits per heavy atom. The quantitative estimate of drug-likeness (QED) is 0.421. The average molecular weight is 377 g/mol. The van der Waals surface area contributed by atoms with E-state index in [4.69, 9.17) is 9.47 Å². The van der Waals surface area contributed by atoms with E-state index in [2.05, 4.69) is 20.8 Å². The molecule has 148 valence electrons. The molecule has 1 aromatic carbocycles. The Hall–Kier alpha value is -2.44. The van der Waals surface area contributed by atoms with Crippen molar-refractivity contribution in [3.05, 3.63) is 39.4 Å². The van der Waals surface area contributed by atoms with Gasteiger partial charge in [-0.2, -0.15) is 0 Å². The second-order valence-corrected chi connectivity index (χ2v) is 7.69. The van der Waals surface area contributed by atoms with Crippen LogP contribution in [-0.2, 0) is 14.3 Å². The number of esters is 2. The van der Waals surface area contributed by atoms with Gasteiger partial charge >= 0.3 is 11.9 Å². The van der Waals surface area contributed by atoms with Gasteiger partial charge < -0.3 is 9.47 Å². The van der Waals surface area contributed by atoms with Gasteiger partial charge in [0.05, 0.1) is 10.5 Å². The summed E-state index contributed by atoms with van der Waals surface area (Å²) in [5.74, 6) is -0.0309. The molecule has 3 unspecified atom stereocenters. The van der Waals surface area contributed by atoms with Crippen molar-refractivity contribution in [3.63, 3.8) is 0 Å². The Morgan fingerprint density at radius 2 is 2.00 bits per heavy atom. The molecular formula is C20H27NO6. The van der Waals surface area contributed by atoms with Crippen LogP contribution in [0.5, 0.6) is 0 Å². The number of rotatable bonds is 6. The predicted molar refractivity (Wildman–Crippen MR) is 99.3 cm³/mol. The number of hydrogen-bond donors (Lipinski definition) is 0. The third-order valence-electron chi connectivity index (χ3n) is 5.19. The first kappa shape index (κ1) is 20.9. The van der Waals surface area contributed by atoms with Crippen molar-refractivity contribution in [2.45, 2.75) is 53.1 Å². The van der Waals surface area contributed by atoms with Gasteiger partial charge in [-0.3, -0.25) is 10.1 Å². The van der Waals surface area contributed by atoms with Gasteiger partial charge in [0, 0.05) is 11.6 Å². The van der Waals surface area contributed by atoms with Crippen LogP contribution in [0.1, 0.15) is 56.0 Å². The first-order valence-electron chi connectivity index (χ1n) is 9.30. The highest BCUT2D eigenvalue weighted by molar-refractivity contribution is 5.91. The number of carbonyl (C=O) groups excluding carboxylic acids is 2. The van der Waals surface area contributed by atoms with Gasteiger partial charge in [0.2, 0.25) is 0 Å². The lowest BCUT2D eigenvalue weighted by Crippen LogP contribution is -2.36. The van der Waals surface area contributed by atoms with Crippen LogP contribution in [0.15, 0.2) is 18.2 Å². The highest BCUT2D eigenvalue weighted by atomic mass is 16.6. The van der Waals surface area contributed by atoms with Crippen molar-refractivity contribution in [2.75, 3.05) is 6.61 Å². The summed E-state index contributed by atoms with van der Waals surface area (Å²) >= 11 is 0. The topological polar surface area (TPSA) is 95.7 Å². The molecule has 27 heavy (non-hydrogen) atoms. The van der Waals surface area contributed by atoms with E-state index < -0.39 is 23.5 Å². The fraction of sp³-hybridized carbons (Fsp3) is 0.600. The molecule has 0 spiro atoms. The molecule has 0 radical (unpaired) electrons. The summed E-state index contributed by atoms with van der Waals surface area (Å²) in [5.41, 5.74) is 0.447. The molecule has 1 aromatic rings. The number of carbonyl (C=O) groups is 2. The highest BCUT2D eigenvalue weighted by Gasteiger charge is 2.33. The second kappa shape index (κ2) is 8.97. The van der Waals surface area contributed by atoms with Crippen LogP contribution in [0.25, 0.3) is 0 Å². The van der Waals surface area contributed by atoms with E-state index in [-0.39, 0.29) is 17.4 Å². The lowest BCUT2D eigenvalue weighted by Gasteiger charge is -2.36. The van der Waals surface area contributed by atoms with Crippen LogP contribution < -0.4 is 0 Å². The smallest absolute Gasteiger partial charge is 0.344 e. The van der Waals surface area contributed by atoms with E-state index in [1.54, 1.807) is 6.92 Å². The predicted octanol–water partition coefficient (Wildman–Crippen LogP) is 4.06. The number of ether oxygens (including phenoxy) is 2. The Morgan fingerprint density at radius 1 is 1.30 bits per heavy atom. The number of nitro benzene ring substituents is 1. The third kappa shape index (κ3) is 5.52. The molecule has 1 saturated carbocycles. The molecule has 1 aliphatic rings. The summed E-state index contributed by atoms with van der Waals surface area (Å²) in [7, 11) is 0. The SMILES string of the molecule is Cc1cc(C(=O)OCC(=O)OC2CC(C)CCC2C(C)C)ccc1[N+](=O)[O-]. The van der Waals surface area contributed by atoms with Crippen molar-refractivity contribution in [2.24, 2.45) is 17.8 Å². The molecule has 0 amide bonds. The summed E-state index contributed by atoms with van der Waals surface area (Å²) in [6.45, 7) is 7.47. The van der Waals surface area contributed by atoms with Crippen LogP contribution >= 0.6 is 0 Å². The zero-order valence-electron chi connectivity index (χ0n) is 16.3. The molecule has 0 N–H and O–H groups in total. The molecule has 2 rings (SSSR count). The lowest BCUT2D eigenvalue weighted by atomic mass is 9.75. The van der Waals surface area contributed by atoms with E-state index in [1.165, 1.54) is 18.2 Å². The zero-order chi connectivity index (χ0) is 20.1. The van der Waals surface area contributed by atoms with E-state index in [0.717, 1.165) is 19.3 Å². The minimum atomic E-state index is -0.706. The third-order valence-corrected chi connectivity index (χ3v) is 5.19. The van der Waals surface area contributed by atoms with Crippen molar-refractivity contribution in [3.8, 4) is 0 Å². The fourth-order valence-electron chi connectivity index (χ4n) is 3.65. The van der Waals surface area contributed by atoms with Gasteiger partial charge in [0.1, 0.15) is 6.10 Å². The number of nitrogens with zero attached hydrogens (tertiary/aromatic N) is 1. The van der Waals surface area contributed by atoms with Gasteiger partial charge in [-0.05, 0) is 49.7 Å². The first-order valence-corrected chi connectivity index (χ1v) is 9.30. The monoisotopic (exact) mass is 377 g/mol. The fourth-order valence-corrected chi connectivity index (χ4v) is 3.65. The van der Waals surface area contributed by atoms with E-state index in [0.29, 0.717) is 23.3 Å². The highest BCUT2D eigenvalue weighted by Crippen LogP contribution is 2.35. The molecular weight excluding hydrogens is 350 g/mol. The molecule has 0 aromatic heterocycles. The summed E-state index contributed by atoms with van der Waals surface area (Å²) in [4.78, 5) is 34.6. The van der Waals surface area contributed by atoms with E-state index >= 15 is 0 Å². The van der Waals surface area contributed by atoms with Crippen LogP contribution in [0.3, 0.4) is 0 Å². The van der Waals surface area contributed by atoms with E-state index in [9.17, 15) is 19.7 Å². The summed E-state index contributed by atoms with van der Waals surface area (Å²) in [5, 5.41) is 10.8. The van der Waals surface area contributed by atoms with Gasteiger partial charge in [-0.25, -0.2) is 9.59 Å². The molecule has 1 aliphatic carbocycles. The van der Waals surface area contributed by atoms with Gasteiger partial charge in [0.15, 0.2) is 6.61 Å². The van der Waals surface area contributed by atoms with Crippen LogP contribution in [-0.4, -0.2) is 29.6 Å². The summed E-state index contributed by atoms with van der Waals surface area (Å²) in [6, 6.07) is 3.95. The minimum Gasteiger partial charge on any atom is -0.460 e. The standard InChI is InChI=1S/C20H27NO6/c1-12(2)16-7-5-13(3)9-18(16)27-19(22)11-26-20(23)15-6-8-17(21(24)25)14(4)10-15/h6,8,10,12-13,16,18H,5,7,9,11H2,1-4H3. The van der Waals surface area contributed by atoms with E-state index in [1.807, 2.05) is 0 Å². The molecule has 1 fully saturated rings. The molecule has 3 atom stereocenters. The zero-order valence-corrected chi connectivity index (χ0v) is 16.3. The molecule has 0 aliphatic heterocycles. The van der Waals surface area contributed by atoms with Gasteiger partial charge in [-0.15, -0.1) is 0 Å². The van der Waals surface area contributed by atoms with Gasteiger partial charge in [-0.1, -0.05) is 27.2 Å². The summed E-state index contributed by atoms with van der Waals surface area (Å²) < 4.78 is 10.6. The Labute approximate surface area is 159 Å². The second-order valence-electron chi connectivity index (χ2n) is 7.69. The number of nitro groups is 1. The maximum absolute atomic E-state index is 12.1. The molecule has 7 nitrogen and oxygen atoms in total. The lowest BCUT2D eigenvalue weighted by molar-refractivity contribution is -0.385. The van der Waals surface area contributed by atoms with Crippen LogP contribution in [0.4, 0.5) is 5.69 Å².